The molecule has 2 aromatic carbocycles. The molecule has 7 heteroatoms. The average Bonchev–Trinajstić information content (AvgIpc) is 2.70. The molecular formula is C19H23N3O4. The van der Waals surface area contributed by atoms with Crippen molar-refractivity contribution in [2.75, 3.05) is 45.3 Å². The van der Waals surface area contributed by atoms with E-state index in [1.54, 1.807) is 19.2 Å². The van der Waals surface area contributed by atoms with E-state index in [4.69, 9.17) is 9.47 Å². The first-order chi connectivity index (χ1) is 12.7. The Balaban J connectivity index is 1.73. The van der Waals surface area contributed by atoms with Gasteiger partial charge in [-0.2, -0.15) is 0 Å². The molecule has 1 aliphatic rings. The zero-order valence-corrected chi connectivity index (χ0v) is 14.8. The van der Waals surface area contributed by atoms with Crippen molar-refractivity contribution >= 4 is 11.4 Å². The third kappa shape index (κ3) is 4.50. The summed E-state index contributed by atoms with van der Waals surface area (Å²) in [7, 11) is 1.66. The van der Waals surface area contributed by atoms with Crippen molar-refractivity contribution in [2.24, 2.45) is 0 Å². The van der Waals surface area contributed by atoms with Crippen molar-refractivity contribution in [3.05, 3.63) is 64.2 Å². The summed E-state index contributed by atoms with van der Waals surface area (Å²) in [5, 5.41) is 14.2. The molecule has 1 N–H and O–H groups in total. The third-order valence-corrected chi connectivity index (χ3v) is 4.56. The van der Waals surface area contributed by atoms with Gasteiger partial charge in [0, 0.05) is 37.5 Å². The molecule has 0 aliphatic carbocycles. The first-order valence-electron chi connectivity index (χ1n) is 8.61. The normalized spacial score (nSPS) is 16.0. The molecule has 0 amide bonds. The smallest absolute Gasteiger partial charge is 0.269 e. The number of nitro benzene ring substituents is 1. The molecule has 1 heterocycles. The first-order valence-corrected chi connectivity index (χ1v) is 8.61. The Hall–Kier alpha value is -2.64. The van der Waals surface area contributed by atoms with Crippen LogP contribution in [0.25, 0.3) is 0 Å². The Bertz CT molecular complexity index is 713. The summed E-state index contributed by atoms with van der Waals surface area (Å²) in [6.07, 6.45) is 0. The number of hydrogen-bond acceptors (Lipinski definition) is 6. The van der Waals surface area contributed by atoms with Crippen LogP contribution in [-0.2, 0) is 4.74 Å². The van der Waals surface area contributed by atoms with E-state index in [1.807, 2.05) is 12.1 Å². The van der Waals surface area contributed by atoms with Gasteiger partial charge >= 0.3 is 0 Å². The van der Waals surface area contributed by atoms with Crippen LogP contribution in [-0.4, -0.2) is 49.8 Å². The highest BCUT2D eigenvalue weighted by Crippen LogP contribution is 2.25. The van der Waals surface area contributed by atoms with Crippen molar-refractivity contribution in [1.29, 1.82) is 0 Å². The second-order valence-corrected chi connectivity index (χ2v) is 6.12. The highest BCUT2D eigenvalue weighted by Gasteiger charge is 2.22. The molecule has 1 unspecified atom stereocenters. The number of hydrogen-bond donors (Lipinski definition) is 1. The molecule has 2 aromatic rings. The molecule has 0 spiro atoms. The number of morpholine rings is 1. The van der Waals surface area contributed by atoms with Crippen LogP contribution >= 0.6 is 0 Å². The van der Waals surface area contributed by atoms with E-state index in [0.29, 0.717) is 6.54 Å². The standard InChI is InChI=1S/C19H23N3O4/c1-25-18-8-2-15(3-9-18)19(21-10-12-26-13-11-21)14-20-16-4-6-17(7-5-16)22(23)24/h2-9,19-20H,10-14H2,1H3. The highest BCUT2D eigenvalue weighted by molar-refractivity contribution is 5.48. The average molecular weight is 357 g/mol. The van der Waals surface area contributed by atoms with Gasteiger partial charge in [-0.1, -0.05) is 12.1 Å². The minimum Gasteiger partial charge on any atom is -0.497 e. The van der Waals surface area contributed by atoms with Gasteiger partial charge in [-0.25, -0.2) is 0 Å². The maximum atomic E-state index is 10.8. The number of methoxy groups -OCH3 is 1. The zero-order chi connectivity index (χ0) is 18.4. The summed E-state index contributed by atoms with van der Waals surface area (Å²) in [5.41, 5.74) is 2.15. The molecule has 0 radical (unpaired) electrons. The van der Waals surface area contributed by atoms with E-state index < -0.39 is 4.92 Å². The number of nitrogens with one attached hydrogen (secondary N) is 1. The Morgan fingerprint density at radius 2 is 1.81 bits per heavy atom. The van der Waals surface area contributed by atoms with Gasteiger partial charge < -0.3 is 14.8 Å². The molecule has 7 nitrogen and oxygen atoms in total. The molecule has 138 valence electrons. The van der Waals surface area contributed by atoms with E-state index >= 15 is 0 Å². The maximum absolute atomic E-state index is 10.8. The molecular weight excluding hydrogens is 334 g/mol. The van der Waals surface area contributed by atoms with E-state index in [2.05, 4.69) is 22.3 Å². The van der Waals surface area contributed by atoms with E-state index in [0.717, 1.165) is 37.7 Å². The lowest BCUT2D eigenvalue weighted by atomic mass is 10.0. The fourth-order valence-electron chi connectivity index (χ4n) is 3.09. The van der Waals surface area contributed by atoms with Crippen molar-refractivity contribution < 1.29 is 14.4 Å². The number of rotatable bonds is 7. The number of ether oxygens (including phenoxy) is 2. The number of benzene rings is 2. The largest absolute Gasteiger partial charge is 0.497 e. The SMILES string of the molecule is COc1ccc(C(CNc2ccc([N+](=O)[O-])cc2)N2CCOCC2)cc1. The predicted octanol–water partition coefficient (Wildman–Crippen LogP) is 3.09. The van der Waals surface area contributed by atoms with Gasteiger partial charge in [0.25, 0.3) is 5.69 Å². The minimum absolute atomic E-state index is 0.0930. The van der Waals surface area contributed by atoms with Crippen LogP contribution in [0.3, 0.4) is 0 Å². The molecule has 1 fully saturated rings. The summed E-state index contributed by atoms with van der Waals surface area (Å²) in [6, 6.07) is 14.8. The lowest BCUT2D eigenvalue weighted by Crippen LogP contribution is -2.41. The molecule has 1 saturated heterocycles. The van der Waals surface area contributed by atoms with E-state index in [9.17, 15) is 10.1 Å². The monoisotopic (exact) mass is 357 g/mol. The lowest BCUT2D eigenvalue weighted by molar-refractivity contribution is -0.384. The zero-order valence-electron chi connectivity index (χ0n) is 14.8. The van der Waals surface area contributed by atoms with Crippen LogP contribution in [0.5, 0.6) is 5.75 Å². The van der Waals surface area contributed by atoms with Crippen LogP contribution in [0.2, 0.25) is 0 Å². The van der Waals surface area contributed by atoms with Gasteiger partial charge in [-0.15, -0.1) is 0 Å². The van der Waals surface area contributed by atoms with Crippen molar-refractivity contribution in [3.63, 3.8) is 0 Å². The third-order valence-electron chi connectivity index (χ3n) is 4.56. The predicted molar refractivity (Wildman–Crippen MR) is 99.7 cm³/mol. The van der Waals surface area contributed by atoms with Crippen LogP contribution in [0, 0.1) is 10.1 Å². The molecule has 26 heavy (non-hydrogen) atoms. The molecule has 3 rings (SSSR count). The van der Waals surface area contributed by atoms with Crippen molar-refractivity contribution in [2.45, 2.75) is 6.04 Å². The van der Waals surface area contributed by atoms with Crippen LogP contribution in [0.1, 0.15) is 11.6 Å². The Morgan fingerprint density at radius 3 is 2.38 bits per heavy atom. The maximum Gasteiger partial charge on any atom is 0.269 e. The van der Waals surface area contributed by atoms with Gasteiger partial charge in [-0.3, -0.25) is 15.0 Å². The van der Waals surface area contributed by atoms with Crippen LogP contribution in [0.4, 0.5) is 11.4 Å². The number of nitro groups is 1. The Kier molecular flexibility index (Phi) is 6.04. The van der Waals surface area contributed by atoms with Crippen LogP contribution < -0.4 is 10.1 Å². The quantitative estimate of drug-likeness (QED) is 0.606. The second kappa shape index (κ2) is 8.64. The summed E-state index contributed by atoms with van der Waals surface area (Å²) in [4.78, 5) is 12.8. The van der Waals surface area contributed by atoms with E-state index in [1.165, 1.54) is 17.7 Å². The lowest BCUT2D eigenvalue weighted by Gasteiger charge is -2.35. The molecule has 0 bridgehead atoms. The Morgan fingerprint density at radius 1 is 1.15 bits per heavy atom. The van der Waals surface area contributed by atoms with Gasteiger partial charge in [0.1, 0.15) is 5.75 Å². The van der Waals surface area contributed by atoms with E-state index in [-0.39, 0.29) is 11.7 Å². The highest BCUT2D eigenvalue weighted by atomic mass is 16.6. The van der Waals surface area contributed by atoms with Crippen molar-refractivity contribution in [3.8, 4) is 5.75 Å². The number of anilines is 1. The summed E-state index contributed by atoms with van der Waals surface area (Å²) in [5.74, 6) is 0.831. The molecule has 1 aliphatic heterocycles. The number of non-ortho nitro benzene ring substituents is 1. The fraction of sp³-hybridized carbons (Fsp3) is 0.368. The Labute approximate surface area is 152 Å². The second-order valence-electron chi connectivity index (χ2n) is 6.12. The van der Waals surface area contributed by atoms with Gasteiger partial charge in [0.05, 0.1) is 31.3 Å². The fourth-order valence-corrected chi connectivity index (χ4v) is 3.09. The first kappa shape index (κ1) is 18.2. The number of nitrogens with zero attached hydrogens (tertiary/aromatic N) is 2. The summed E-state index contributed by atoms with van der Waals surface area (Å²) in [6.45, 7) is 3.90. The van der Waals surface area contributed by atoms with Gasteiger partial charge in [0.15, 0.2) is 0 Å². The summed E-state index contributed by atoms with van der Waals surface area (Å²) >= 11 is 0. The van der Waals surface area contributed by atoms with Gasteiger partial charge in [0.2, 0.25) is 0 Å². The van der Waals surface area contributed by atoms with Gasteiger partial charge in [-0.05, 0) is 29.8 Å². The molecule has 0 aromatic heterocycles. The molecule has 1 atom stereocenters. The van der Waals surface area contributed by atoms with Crippen LogP contribution in [0.15, 0.2) is 48.5 Å². The minimum atomic E-state index is -0.391. The summed E-state index contributed by atoms with van der Waals surface area (Å²) < 4.78 is 10.7. The topological polar surface area (TPSA) is 76.9 Å². The van der Waals surface area contributed by atoms with Crippen molar-refractivity contribution in [1.82, 2.24) is 4.90 Å². The molecule has 0 saturated carbocycles.